The van der Waals surface area contributed by atoms with Gasteiger partial charge in [0, 0.05) is 19.8 Å². The molecule has 3 nitrogen and oxygen atoms in total. The molecule has 90 valence electrons. The highest BCUT2D eigenvalue weighted by molar-refractivity contribution is 4.71. The topological polar surface area (TPSA) is 30.5 Å². The second-order valence-electron chi connectivity index (χ2n) is 4.25. The van der Waals surface area contributed by atoms with Gasteiger partial charge in [0.1, 0.15) is 0 Å². The minimum absolute atomic E-state index is 0.704. The Morgan fingerprint density at radius 1 is 1.07 bits per heavy atom. The summed E-state index contributed by atoms with van der Waals surface area (Å²) in [6.07, 6.45) is 8.08. The van der Waals surface area contributed by atoms with E-state index in [-0.39, 0.29) is 0 Å². The van der Waals surface area contributed by atoms with Gasteiger partial charge in [0.25, 0.3) is 0 Å². The second kappa shape index (κ2) is 9.13. The normalized spacial score (nSPS) is 18.2. The Bertz CT molecular complexity index is 136. The quantitative estimate of drug-likeness (QED) is 0.628. The highest BCUT2D eigenvalue weighted by Gasteiger charge is 2.11. The van der Waals surface area contributed by atoms with Gasteiger partial charge >= 0.3 is 0 Å². The van der Waals surface area contributed by atoms with E-state index < -0.39 is 0 Å². The second-order valence-corrected chi connectivity index (χ2v) is 4.25. The predicted molar refractivity (Wildman–Crippen MR) is 62.2 cm³/mol. The van der Waals surface area contributed by atoms with E-state index in [1.54, 1.807) is 7.11 Å². The van der Waals surface area contributed by atoms with Gasteiger partial charge in [-0.3, -0.25) is 0 Å². The lowest BCUT2D eigenvalue weighted by atomic mass is 9.95. The molecule has 0 aromatic rings. The number of ether oxygens (including phenoxy) is 2. The van der Waals surface area contributed by atoms with E-state index in [0.29, 0.717) is 6.61 Å². The third-order valence-electron chi connectivity index (χ3n) is 2.94. The molecule has 1 N–H and O–H groups in total. The van der Waals surface area contributed by atoms with E-state index in [9.17, 15) is 0 Å². The van der Waals surface area contributed by atoms with Crippen LogP contribution < -0.4 is 5.32 Å². The standard InChI is InChI=1S/C12H25NO2/c1-14-10-11-15-9-5-8-13-12-6-3-2-4-7-12/h12-13H,2-11H2,1H3. The maximum absolute atomic E-state index is 5.40. The Labute approximate surface area is 93.5 Å². The Hall–Kier alpha value is -0.120. The van der Waals surface area contributed by atoms with Crippen molar-refractivity contribution < 1.29 is 9.47 Å². The van der Waals surface area contributed by atoms with Crippen molar-refractivity contribution in [3.8, 4) is 0 Å². The molecule has 0 heterocycles. The maximum atomic E-state index is 5.40. The smallest absolute Gasteiger partial charge is 0.0700 e. The molecular weight excluding hydrogens is 190 g/mol. The number of nitrogens with one attached hydrogen (secondary N) is 1. The zero-order valence-corrected chi connectivity index (χ0v) is 9.96. The van der Waals surface area contributed by atoms with Crippen LogP contribution in [0, 0.1) is 0 Å². The molecule has 1 aliphatic carbocycles. The van der Waals surface area contributed by atoms with Crippen LogP contribution in [0.3, 0.4) is 0 Å². The SMILES string of the molecule is COCCOCCCNC1CCCCC1. The summed E-state index contributed by atoms with van der Waals surface area (Å²) >= 11 is 0. The molecule has 0 aromatic heterocycles. The van der Waals surface area contributed by atoms with Crippen molar-refractivity contribution in [1.82, 2.24) is 5.32 Å². The molecule has 0 saturated heterocycles. The van der Waals surface area contributed by atoms with Gasteiger partial charge in [-0.25, -0.2) is 0 Å². The van der Waals surface area contributed by atoms with Crippen LogP contribution in [0.25, 0.3) is 0 Å². The van der Waals surface area contributed by atoms with Crippen molar-refractivity contribution in [3.05, 3.63) is 0 Å². The minimum atomic E-state index is 0.704. The number of hydrogen-bond donors (Lipinski definition) is 1. The summed E-state index contributed by atoms with van der Waals surface area (Å²) in [5.74, 6) is 0. The summed E-state index contributed by atoms with van der Waals surface area (Å²) in [6.45, 7) is 3.37. The molecule has 1 aliphatic rings. The molecule has 0 bridgehead atoms. The van der Waals surface area contributed by atoms with Gasteiger partial charge in [-0.2, -0.15) is 0 Å². The van der Waals surface area contributed by atoms with Crippen molar-refractivity contribution in [2.45, 2.75) is 44.6 Å². The summed E-state index contributed by atoms with van der Waals surface area (Å²) in [4.78, 5) is 0. The molecule has 1 fully saturated rings. The fraction of sp³-hybridized carbons (Fsp3) is 1.00. The first kappa shape index (κ1) is 12.9. The Balaban J connectivity index is 1.79. The highest BCUT2D eigenvalue weighted by atomic mass is 16.5. The first-order chi connectivity index (χ1) is 7.43. The monoisotopic (exact) mass is 215 g/mol. The lowest BCUT2D eigenvalue weighted by Crippen LogP contribution is -2.32. The van der Waals surface area contributed by atoms with Gasteiger partial charge in [0.05, 0.1) is 13.2 Å². The summed E-state index contributed by atoms with van der Waals surface area (Å²) in [5.41, 5.74) is 0. The zero-order chi connectivity index (χ0) is 10.8. The third-order valence-corrected chi connectivity index (χ3v) is 2.94. The predicted octanol–water partition coefficient (Wildman–Crippen LogP) is 1.96. The van der Waals surface area contributed by atoms with Crippen LogP contribution in [0.5, 0.6) is 0 Å². The van der Waals surface area contributed by atoms with Crippen molar-refractivity contribution >= 4 is 0 Å². The Kier molecular flexibility index (Phi) is 7.88. The van der Waals surface area contributed by atoms with Crippen molar-refractivity contribution in [1.29, 1.82) is 0 Å². The number of rotatable bonds is 8. The molecule has 0 aromatic carbocycles. The molecule has 0 spiro atoms. The molecule has 1 saturated carbocycles. The van der Waals surface area contributed by atoms with Crippen LogP contribution in [0.4, 0.5) is 0 Å². The largest absolute Gasteiger partial charge is 0.382 e. The van der Waals surface area contributed by atoms with Crippen LogP contribution in [0.2, 0.25) is 0 Å². The van der Waals surface area contributed by atoms with Crippen LogP contribution in [0.1, 0.15) is 38.5 Å². The van der Waals surface area contributed by atoms with E-state index in [0.717, 1.165) is 32.2 Å². The van der Waals surface area contributed by atoms with Crippen molar-refractivity contribution in [3.63, 3.8) is 0 Å². The van der Waals surface area contributed by atoms with E-state index in [2.05, 4.69) is 5.32 Å². The number of hydrogen-bond acceptors (Lipinski definition) is 3. The van der Waals surface area contributed by atoms with E-state index in [1.807, 2.05) is 0 Å². The molecule has 0 amide bonds. The Morgan fingerprint density at radius 2 is 1.87 bits per heavy atom. The average molecular weight is 215 g/mol. The summed E-state index contributed by atoms with van der Waals surface area (Å²) in [7, 11) is 1.70. The van der Waals surface area contributed by atoms with Gasteiger partial charge in [-0.05, 0) is 25.8 Å². The summed E-state index contributed by atoms with van der Waals surface area (Å²) < 4.78 is 10.3. The van der Waals surface area contributed by atoms with Gasteiger partial charge in [0.15, 0.2) is 0 Å². The molecule has 3 heteroatoms. The number of methoxy groups -OCH3 is 1. The fourth-order valence-corrected chi connectivity index (χ4v) is 2.03. The summed E-state index contributed by atoms with van der Waals surface area (Å²) in [6, 6.07) is 0.776. The minimum Gasteiger partial charge on any atom is -0.382 e. The zero-order valence-electron chi connectivity index (χ0n) is 9.96. The molecule has 0 aliphatic heterocycles. The van der Waals surface area contributed by atoms with Gasteiger partial charge in [-0.1, -0.05) is 19.3 Å². The van der Waals surface area contributed by atoms with Crippen LogP contribution in [-0.4, -0.2) is 39.5 Å². The fourth-order valence-electron chi connectivity index (χ4n) is 2.03. The average Bonchev–Trinajstić information content (AvgIpc) is 2.29. The summed E-state index contributed by atoms with van der Waals surface area (Å²) in [5, 5.41) is 3.60. The van der Waals surface area contributed by atoms with E-state index >= 15 is 0 Å². The molecule has 0 unspecified atom stereocenters. The van der Waals surface area contributed by atoms with Crippen molar-refractivity contribution in [2.75, 3.05) is 33.5 Å². The van der Waals surface area contributed by atoms with E-state index in [1.165, 1.54) is 32.1 Å². The lowest BCUT2D eigenvalue weighted by Gasteiger charge is -2.22. The third kappa shape index (κ3) is 6.88. The highest BCUT2D eigenvalue weighted by Crippen LogP contribution is 2.17. The van der Waals surface area contributed by atoms with Gasteiger partial charge in [0.2, 0.25) is 0 Å². The molecule has 0 radical (unpaired) electrons. The first-order valence-electron chi connectivity index (χ1n) is 6.23. The van der Waals surface area contributed by atoms with Crippen LogP contribution >= 0.6 is 0 Å². The lowest BCUT2D eigenvalue weighted by molar-refractivity contribution is 0.0691. The van der Waals surface area contributed by atoms with Gasteiger partial charge in [-0.15, -0.1) is 0 Å². The maximum Gasteiger partial charge on any atom is 0.0700 e. The Morgan fingerprint density at radius 3 is 2.60 bits per heavy atom. The molecule has 1 rings (SSSR count). The first-order valence-corrected chi connectivity index (χ1v) is 6.23. The van der Waals surface area contributed by atoms with Gasteiger partial charge < -0.3 is 14.8 Å². The van der Waals surface area contributed by atoms with Crippen LogP contribution in [-0.2, 0) is 9.47 Å². The van der Waals surface area contributed by atoms with E-state index in [4.69, 9.17) is 9.47 Å². The molecule has 0 atom stereocenters. The molecular formula is C12H25NO2. The molecule has 15 heavy (non-hydrogen) atoms. The van der Waals surface area contributed by atoms with Crippen molar-refractivity contribution in [2.24, 2.45) is 0 Å². The van der Waals surface area contributed by atoms with Crippen LogP contribution in [0.15, 0.2) is 0 Å².